The largest absolute Gasteiger partial charge is 0.418 e. The van der Waals surface area contributed by atoms with Crippen molar-refractivity contribution in [1.29, 1.82) is 0 Å². The molecule has 1 aliphatic heterocycles. The first kappa shape index (κ1) is 19.5. The van der Waals surface area contributed by atoms with E-state index in [4.69, 9.17) is 16.3 Å². The van der Waals surface area contributed by atoms with Crippen LogP contribution in [0.3, 0.4) is 0 Å². The van der Waals surface area contributed by atoms with Crippen LogP contribution in [0.2, 0.25) is 5.02 Å². The predicted octanol–water partition coefficient (Wildman–Crippen LogP) is 4.76. The molecule has 1 saturated heterocycles. The number of hydrogen-bond donors (Lipinski definition) is 2. The summed E-state index contributed by atoms with van der Waals surface area (Å²) in [5.41, 5.74) is 0.446. The van der Waals surface area contributed by atoms with Gasteiger partial charge in [-0.1, -0.05) is 23.7 Å². The molecule has 4 nitrogen and oxygen atoms in total. The second kappa shape index (κ2) is 8.19. The van der Waals surface area contributed by atoms with Crippen LogP contribution in [0, 0.1) is 5.92 Å². The Kier molecular flexibility index (Phi) is 5.92. The summed E-state index contributed by atoms with van der Waals surface area (Å²) in [4.78, 5) is 12.0. The maximum Gasteiger partial charge on any atom is 0.418 e. The van der Waals surface area contributed by atoms with Crippen molar-refractivity contribution in [3.05, 3.63) is 58.6 Å². The van der Waals surface area contributed by atoms with Gasteiger partial charge < -0.3 is 15.4 Å². The second-order valence-corrected chi connectivity index (χ2v) is 6.72. The standard InChI is InChI=1S/C19H18ClF3N2O2/c20-14-3-6-17(16(9-14)19(21,22)23)25-15-4-1-12(2-5-15)10-24-18(26)13-7-8-27-11-13/h1-6,9,13,25H,7-8,10-11H2,(H,24,26). The van der Waals surface area contributed by atoms with Crippen LogP contribution in [0.5, 0.6) is 0 Å². The summed E-state index contributed by atoms with van der Waals surface area (Å²) in [7, 11) is 0. The third kappa shape index (κ3) is 5.14. The van der Waals surface area contributed by atoms with Crippen molar-refractivity contribution in [1.82, 2.24) is 5.32 Å². The van der Waals surface area contributed by atoms with Crippen LogP contribution in [0.15, 0.2) is 42.5 Å². The molecule has 0 saturated carbocycles. The molecule has 1 heterocycles. The van der Waals surface area contributed by atoms with Gasteiger partial charge in [-0.15, -0.1) is 0 Å². The quantitative estimate of drug-likeness (QED) is 0.763. The molecule has 1 atom stereocenters. The second-order valence-electron chi connectivity index (χ2n) is 6.29. The van der Waals surface area contributed by atoms with Crippen LogP contribution >= 0.6 is 11.6 Å². The zero-order valence-electron chi connectivity index (χ0n) is 14.3. The van der Waals surface area contributed by atoms with Gasteiger partial charge in [0.25, 0.3) is 0 Å². The van der Waals surface area contributed by atoms with Crippen molar-refractivity contribution < 1.29 is 22.7 Å². The molecule has 0 aliphatic carbocycles. The Labute approximate surface area is 159 Å². The number of hydrogen-bond acceptors (Lipinski definition) is 3. The lowest BCUT2D eigenvalue weighted by Crippen LogP contribution is -2.30. The average molecular weight is 399 g/mol. The number of nitrogens with one attached hydrogen (secondary N) is 2. The number of carbonyl (C=O) groups is 1. The summed E-state index contributed by atoms with van der Waals surface area (Å²) < 4.78 is 44.6. The summed E-state index contributed by atoms with van der Waals surface area (Å²) in [6.45, 7) is 1.39. The summed E-state index contributed by atoms with van der Waals surface area (Å²) in [6.07, 6.45) is -3.79. The highest BCUT2D eigenvalue weighted by atomic mass is 35.5. The molecule has 2 aromatic carbocycles. The molecule has 1 aliphatic rings. The fourth-order valence-corrected chi connectivity index (χ4v) is 2.97. The minimum atomic E-state index is -4.51. The van der Waals surface area contributed by atoms with Crippen LogP contribution in [-0.2, 0) is 22.3 Å². The van der Waals surface area contributed by atoms with Gasteiger partial charge in [-0.2, -0.15) is 13.2 Å². The van der Waals surface area contributed by atoms with E-state index < -0.39 is 11.7 Å². The van der Waals surface area contributed by atoms with Gasteiger partial charge in [-0.3, -0.25) is 4.79 Å². The molecule has 0 spiro atoms. The molecular weight excluding hydrogens is 381 g/mol. The molecule has 1 fully saturated rings. The smallest absolute Gasteiger partial charge is 0.381 e. The van der Waals surface area contributed by atoms with Gasteiger partial charge in [0.1, 0.15) is 0 Å². The normalized spacial score (nSPS) is 17.0. The number of amides is 1. The van der Waals surface area contributed by atoms with E-state index in [1.807, 2.05) is 0 Å². The molecule has 8 heteroatoms. The van der Waals surface area contributed by atoms with E-state index in [0.29, 0.717) is 25.4 Å². The van der Waals surface area contributed by atoms with Gasteiger partial charge in [-0.05, 0) is 42.3 Å². The Balaban J connectivity index is 1.63. The minimum Gasteiger partial charge on any atom is -0.381 e. The Morgan fingerprint density at radius 3 is 2.56 bits per heavy atom. The first-order chi connectivity index (χ1) is 12.8. The van der Waals surface area contributed by atoms with E-state index in [-0.39, 0.29) is 22.5 Å². The maximum atomic E-state index is 13.2. The fraction of sp³-hybridized carbons (Fsp3) is 0.316. The van der Waals surface area contributed by atoms with Crippen LogP contribution in [0.1, 0.15) is 17.5 Å². The molecule has 144 valence electrons. The number of anilines is 2. The molecule has 0 bridgehead atoms. The first-order valence-corrected chi connectivity index (χ1v) is 8.79. The van der Waals surface area contributed by atoms with E-state index in [2.05, 4.69) is 10.6 Å². The van der Waals surface area contributed by atoms with E-state index in [1.54, 1.807) is 24.3 Å². The molecule has 2 N–H and O–H groups in total. The zero-order chi connectivity index (χ0) is 19.4. The number of ether oxygens (including phenoxy) is 1. The van der Waals surface area contributed by atoms with Crippen LogP contribution in [0.4, 0.5) is 24.5 Å². The van der Waals surface area contributed by atoms with Crippen LogP contribution < -0.4 is 10.6 Å². The highest BCUT2D eigenvalue weighted by molar-refractivity contribution is 6.30. The summed E-state index contributed by atoms with van der Waals surface area (Å²) in [5, 5.41) is 5.62. The SMILES string of the molecule is O=C(NCc1ccc(Nc2ccc(Cl)cc2C(F)(F)F)cc1)C1CCOC1. The van der Waals surface area contributed by atoms with Crippen LogP contribution in [-0.4, -0.2) is 19.1 Å². The van der Waals surface area contributed by atoms with E-state index in [0.717, 1.165) is 18.1 Å². The zero-order valence-corrected chi connectivity index (χ0v) is 15.0. The maximum absolute atomic E-state index is 13.2. The van der Waals surface area contributed by atoms with Crippen molar-refractivity contribution >= 4 is 28.9 Å². The highest BCUT2D eigenvalue weighted by Crippen LogP contribution is 2.37. The summed E-state index contributed by atoms with van der Waals surface area (Å²) >= 11 is 5.68. The lowest BCUT2D eigenvalue weighted by molar-refractivity contribution is -0.137. The van der Waals surface area contributed by atoms with Gasteiger partial charge in [0.15, 0.2) is 0 Å². The van der Waals surface area contributed by atoms with Crippen molar-refractivity contribution in [2.24, 2.45) is 5.92 Å². The lowest BCUT2D eigenvalue weighted by Gasteiger charge is -2.15. The van der Waals surface area contributed by atoms with E-state index >= 15 is 0 Å². The molecular formula is C19H18ClF3N2O2. The molecule has 27 heavy (non-hydrogen) atoms. The summed E-state index contributed by atoms with van der Waals surface area (Å²) in [5.74, 6) is -0.165. The Morgan fingerprint density at radius 2 is 1.93 bits per heavy atom. The number of halogens is 4. The molecule has 1 amide bonds. The van der Waals surface area contributed by atoms with Gasteiger partial charge >= 0.3 is 6.18 Å². The molecule has 3 rings (SSSR count). The predicted molar refractivity (Wildman–Crippen MR) is 97.0 cm³/mol. The van der Waals surface area contributed by atoms with Gasteiger partial charge in [0, 0.05) is 23.9 Å². The minimum absolute atomic E-state index is 0.0200. The Morgan fingerprint density at radius 1 is 1.19 bits per heavy atom. The first-order valence-electron chi connectivity index (χ1n) is 8.41. The number of carbonyl (C=O) groups excluding carboxylic acids is 1. The number of benzene rings is 2. The third-order valence-electron chi connectivity index (χ3n) is 4.29. The molecule has 0 aromatic heterocycles. The van der Waals surface area contributed by atoms with E-state index in [9.17, 15) is 18.0 Å². The fourth-order valence-electron chi connectivity index (χ4n) is 2.80. The third-order valence-corrected chi connectivity index (χ3v) is 4.52. The Hall–Kier alpha value is -2.25. The van der Waals surface area contributed by atoms with Crippen molar-refractivity contribution in [2.75, 3.05) is 18.5 Å². The molecule has 1 unspecified atom stereocenters. The monoisotopic (exact) mass is 398 g/mol. The van der Waals surface area contributed by atoms with Crippen LogP contribution in [0.25, 0.3) is 0 Å². The van der Waals surface area contributed by atoms with Gasteiger partial charge in [-0.25, -0.2) is 0 Å². The molecule has 2 aromatic rings. The Bertz CT molecular complexity index is 804. The number of alkyl halides is 3. The molecule has 0 radical (unpaired) electrons. The highest BCUT2D eigenvalue weighted by Gasteiger charge is 2.33. The van der Waals surface area contributed by atoms with Crippen molar-refractivity contribution in [3.63, 3.8) is 0 Å². The van der Waals surface area contributed by atoms with Gasteiger partial charge in [0.05, 0.1) is 23.8 Å². The van der Waals surface area contributed by atoms with E-state index in [1.165, 1.54) is 12.1 Å². The summed E-state index contributed by atoms with van der Waals surface area (Å²) in [6, 6.07) is 10.4. The van der Waals surface area contributed by atoms with Crippen molar-refractivity contribution in [3.8, 4) is 0 Å². The van der Waals surface area contributed by atoms with Crippen molar-refractivity contribution in [2.45, 2.75) is 19.1 Å². The topological polar surface area (TPSA) is 50.4 Å². The average Bonchev–Trinajstić information content (AvgIpc) is 3.16. The van der Waals surface area contributed by atoms with Gasteiger partial charge in [0.2, 0.25) is 5.91 Å². The lowest BCUT2D eigenvalue weighted by atomic mass is 10.1. The number of rotatable bonds is 5.